The Morgan fingerprint density at radius 1 is 0.921 bits per heavy atom. The molecule has 3 aromatic rings. The molecule has 198 valence electrons. The van der Waals surface area contributed by atoms with E-state index >= 15 is 0 Å². The zero-order valence-electron chi connectivity index (χ0n) is 22.2. The lowest BCUT2D eigenvalue weighted by atomic mass is 9.85. The molecule has 1 fully saturated rings. The largest absolute Gasteiger partial charge is 0.507 e. The molecule has 4 rings (SSSR count). The molecule has 1 amide bonds. The predicted molar refractivity (Wildman–Crippen MR) is 144 cm³/mol. The molecular formula is C31H32FNO5. The molecule has 3 aromatic carbocycles. The van der Waals surface area contributed by atoms with Gasteiger partial charge in [0.25, 0.3) is 11.7 Å². The fourth-order valence-electron chi connectivity index (χ4n) is 4.67. The molecule has 1 atom stereocenters. The number of aliphatic hydroxyl groups is 1. The SMILES string of the molecule is COc1ccc(CCN2C(=O)C(=O)C(=C(O)c3ccc(F)cc3)[C@@H]2c2ccc(C(C)(C)C)cc2)cc1OC. The number of likely N-dealkylation sites (tertiary alicyclic amines) is 1. The van der Waals surface area contributed by atoms with Gasteiger partial charge in [-0.1, -0.05) is 51.1 Å². The van der Waals surface area contributed by atoms with E-state index < -0.39 is 23.5 Å². The van der Waals surface area contributed by atoms with Crippen LogP contribution in [0.3, 0.4) is 0 Å². The number of halogens is 1. The normalized spacial score (nSPS) is 17.1. The quantitative estimate of drug-likeness (QED) is 0.243. The molecule has 0 aromatic heterocycles. The highest BCUT2D eigenvalue weighted by Gasteiger charge is 2.45. The Morgan fingerprint density at radius 3 is 2.13 bits per heavy atom. The van der Waals surface area contributed by atoms with Crippen molar-refractivity contribution in [1.82, 2.24) is 4.90 Å². The number of hydrogen-bond acceptors (Lipinski definition) is 5. The van der Waals surface area contributed by atoms with Gasteiger partial charge in [0.15, 0.2) is 11.5 Å². The van der Waals surface area contributed by atoms with Gasteiger partial charge in [-0.3, -0.25) is 9.59 Å². The Bertz CT molecular complexity index is 1370. The van der Waals surface area contributed by atoms with Crippen molar-refractivity contribution in [3.63, 3.8) is 0 Å². The van der Waals surface area contributed by atoms with Crippen LogP contribution in [0, 0.1) is 5.82 Å². The molecule has 0 spiro atoms. The monoisotopic (exact) mass is 517 g/mol. The van der Waals surface area contributed by atoms with Crippen molar-refractivity contribution in [2.24, 2.45) is 0 Å². The molecular weight excluding hydrogens is 485 g/mol. The summed E-state index contributed by atoms with van der Waals surface area (Å²) in [7, 11) is 3.11. The van der Waals surface area contributed by atoms with Gasteiger partial charge >= 0.3 is 0 Å². The van der Waals surface area contributed by atoms with Crippen molar-refractivity contribution in [2.45, 2.75) is 38.6 Å². The number of hydrogen-bond donors (Lipinski definition) is 1. The summed E-state index contributed by atoms with van der Waals surface area (Å²) in [6.45, 7) is 6.54. The predicted octanol–water partition coefficient (Wildman–Crippen LogP) is 5.80. The summed E-state index contributed by atoms with van der Waals surface area (Å²) in [5.41, 5.74) is 2.86. The summed E-state index contributed by atoms with van der Waals surface area (Å²) >= 11 is 0. The number of amides is 1. The summed E-state index contributed by atoms with van der Waals surface area (Å²) in [5.74, 6) is -1.11. The summed E-state index contributed by atoms with van der Waals surface area (Å²) < 4.78 is 24.2. The van der Waals surface area contributed by atoms with Crippen LogP contribution in [0.2, 0.25) is 0 Å². The van der Waals surface area contributed by atoms with Crippen LogP contribution in [0.1, 0.15) is 49.1 Å². The standard InChI is InChI=1S/C31H32FNO5/c1-31(2,3)22-11-7-20(8-12-22)27-26(28(34)21-9-13-23(32)14-10-21)29(35)30(36)33(27)17-16-19-6-15-24(37-4)25(18-19)38-5/h6-15,18,27,34H,16-17H2,1-5H3/t27-/m0/s1. The number of ketones is 1. The minimum Gasteiger partial charge on any atom is -0.507 e. The van der Waals surface area contributed by atoms with E-state index in [2.05, 4.69) is 20.8 Å². The second kappa shape index (κ2) is 10.7. The first-order valence-corrected chi connectivity index (χ1v) is 12.4. The van der Waals surface area contributed by atoms with E-state index in [1.165, 1.54) is 29.2 Å². The van der Waals surface area contributed by atoms with Gasteiger partial charge in [-0.2, -0.15) is 0 Å². The van der Waals surface area contributed by atoms with Gasteiger partial charge in [0.1, 0.15) is 11.6 Å². The molecule has 1 heterocycles. The number of methoxy groups -OCH3 is 2. The molecule has 7 heteroatoms. The van der Waals surface area contributed by atoms with Gasteiger partial charge in [0, 0.05) is 12.1 Å². The molecule has 1 aliphatic heterocycles. The first-order valence-electron chi connectivity index (χ1n) is 12.4. The third-order valence-corrected chi connectivity index (χ3v) is 6.84. The number of benzene rings is 3. The summed E-state index contributed by atoms with van der Waals surface area (Å²) in [6.07, 6.45) is 0.445. The molecule has 0 unspecified atom stereocenters. The molecule has 0 bridgehead atoms. The smallest absolute Gasteiger partial charge is 0.295 e. The number of aliphatic hydroxyl groups excluding tert-OH is 1. The van der Waals surface area contributed by atoms with Gasteiger partial charge < -0.3 is 19.5 Å². The highest BCUT2D eigenvalue weighted by Crippen LogP contribution is 2.40. The van der Waals surface area contributed by atoms with E-state index in [1.54, 1.807) is 20.3 Å². The first kappa shape index (κ1) is 26.9. The Kier molecular flexibility index (Phi) is 7.58. The van der Waals surface area contributed by atoms with Crippen LogP contribution in [0.25, 0.3) is 5.76 Å². The van der Waals surface area contributed by atoms with Crippen LogP contribution in [-0.4, -0.2) is 42.5 Å². The van der Waals surface area contributed by atoms with Crippen LogP contribution in [0.4, 0.5) is 4.39 Å². The number of Topliss-reactive ketones (excluding diaryl/α,β-unsaturated/α-hetero) is 1. The highest BCUT2D eigenvalue weighted by atomic mass is 19.1. The maximum absolute atomic E-state index is 13.5. The topological polar surface area (TPSA) is 76.1 Å². The van der Waals surface area contributed by atoms with E-state index in [0.717, 1.165) is 11.1 Å². The Balaban J connectivity index is 1.76. The van der Waals surface area contributed by atoms with Gasteiger partial charge in [0.2, 0.25) is 0 Å². The molecule has 38 heavy (non-hydrogen) atoms. The molecule has 1 N–H and O–H groups in total. The van der Waals surface area contributed by atoms with Crippen LogP contribution in [0.15, 0.2) is 72.3 Å². The van der Waals surface area contributed by atoms with Gasteiger partial charge in [-0.15, -0.1) is 0 Å². The van der Waals surface area contributed by atoms with Gasteiger partial charge in [0.05, 0.1) is 25.8 Å². The second-order valence-electron chi connectivity index (χ2n) is 10.3. The van der Waals surface area contributed by atoms with Crippen molar-refractivity contribution in [1.29, 1.82) is 0 Å². The van der Waals surface area contributed by atoms with Crippen molar-refractivity contribution in [2.75, 3.05) is 20.8 Å². The number of carbonyl (C=O) groups is 2. The molecule has 0 saturated carbocycles. The average Bonchev–Trinajstić information content (AvgIpc) is 3.16. The van der Waals surface area contributed by atoms with Gasteiger partial charge in [-0.05, 0) is 64.9 Å². The molecule has 1 aliphatic rings. The lowest BCUT2D eigenvalue weighted by molar-refractivity contribution is -0.139. The van der Waals surface area contributed by atoms with Crippen LogP contribution in [0.5, 0.6) is 11.5 Å². The lowest BCUT2D eigenvalue weighted by Crippen LogP contribution is -2.31. The van der Waals surface area contributed by atoms with Crippen molar-refractivity contribution in [3.05, 3.63) is 100 Å². The summed E-state index contributed by atoms with van der Waals surface area (Å²) in [5, 5.41) is 11.2. The minimum absolute atomic E-state index is 0.0163. The number of nitrogens with zero attached hydrogens (tertiary/aromatic N) is 1. The third-order valence-electron chi connectivity index (χ3n) is 6.84. The number of ether oxygens (including phenoxy) is 2. The van der Waals surface area contributed by atoms with E-state index in [-0.39, 0.29) is 28.9 Å². The Labute approximate surface area is 222 Å². The fraction of sp³-hybridized carbons (Fsp3) is 0.290. The summed E-state index contributed by atoms with van der Waals surface area (Å²) in [6, 6.07) is 17.6. The average molecular weight is 518 g/mol. The van der Waals surface area contributed by atoms with E-state index in [4.69, 9.17) is 9.47 Å². The van der Waals surface area contributed by atoms with E-state index in [0.29, 0.717) is 23.5 Å². The molecule has 1 saturated heterocycles. The van der Waals surface area contributed by atoms with E-state index in [9.17, 15) is 19.1 Å². The van der Waals surface area contributed by atoms with Crippen LogP contribution >= 0.6 is 0 Å². The summed E-state index contributed by atoms with van der Waals surface area (Å²) in [4.78, 5) is 28.1. The number of carbonyl (C=O) groups excluding carboxylic acids is 2. The minimum atomic E-state index is -0.797. The third kappa shape index (κ3) is 5.28. The molecule has 0 aliphatic carbocycles. The molecule has 0 radical (unpaired) electrons. The van der Waals surface area contributed by atoms with Crippen LogP contribution < -0.4 is 9.47 Å². The zero-order chi connectivity index (χ0) is 27.6. The molecule has 6 nitrogen and oxygen atoms in total. The zero-order valence-corrected chi connectivity index (χ0v) is 22.2. The fourth-order valence-corrected chi connectivity index (χ4v) is 4.67. The van der Waals surface area contributed by atoms with E-state index in [1.807, 2.05) is 36.4 Å². The van der Waals surface area contributed by atoms with Gasteiger partial charge in [-0.25, -0.2) is 4.39 Å². The maximum atomic E-state index is 13.5. The van der Waals surface area contributed by atoms with Crippen molar-refractivity contribution in [3.8, 4) is 11.5 Å². The van der Waals surface area contributed by atoms with Crippen molar-refractivity contribution < 1.29 is 28.6 Å². The second-order valence-corrected chi connectivity index (χ2v) is 10.3. The first-order chi connectivity index (χ1) is 18.0. The lowest BCUT2D eigenvalue weighted by Gasteiger charge is -2.26. The Hall–Kier alpha value is -4.13. The Morgan fingerprint density at radius 2 is 1.55 bits per heavy atom. The van der Waals surface area contributed by atoms with Crippen LogP contribution in [-0.2, 0) is 21.4 Å². The maximum Gasteiger partial charge on any atom is 0.295 e. The highest BCUT2D eigenvalue weighted by molar-refractivity contribution is 6.46. The van der Waals surface area contributed by atoms with Crippen molar-refractivity contribution >= 4 is 17.4 Å². The number of rotatable bonds is 7.